The number of hydrogen-bond acceptors (Lipinski definition) is 3. The average molecular weight is 216 g/mol. The van der Waals surface area contributed by atoms with Crippen molar-refractivity contribution in [3.63, 3.8) is 0 Å². The minimum atomic E-state index is 0.612. The highest BCUT2D eigenvalue weighted by atomic mass is 15.3. The van der Waals surface area contributed by atoms with Crippen LogP contribution in [0.1, 0.15) is 17.2 Å². The summed E-state index contributed by atoms with van der Waals surface area (Å²) >= 11 is 0. The Morgan fingerprint density at radius 1 is 1.19 bits per heavy atom. The summed E-state index contributed by atoms with van der Waals surface area (Å²) in [6.45, 7) is 3.35. The van der Waals surface area contributed by atoms with Gasteiger partial charge in [0.1, 0.15) is 11.6 Å². The standard InChI is InChI=1S/C12H16N4/c1-10-14-15-12(16(10)8-7-13)9-11-5-3-2-4-6-11/h2-6H,7-9,13H2,1H3. The molecule has 0 atom stereocenters. The SMILES string of the molecule is Cc1nnc(Cc2ccccc2)n1CCN. The lowest BCUT2D eigenvalue weighted by Crippen LogP contribution is -2.14. The van der Waals surface area contributed by atoms with E-state index in [0.29, 0.717) is 6.54 Å². The number of rotatable bonds is 4. The van der Waals surface area contributed by atoms with E-state index in [2.05, 4.69) is 26.9 Å². The first-order valence-corrected chi connectivity index (χ1v) is 5.44. The zero-order valence-corrected chi connectivity index (χ0v) is 9.43. The fraction of sp³-hybridized carbons (Fsp3) is 0.333. The second-order valence-corrected chi connectivity index (χ2v) is 3.77. The normalized spacial score (nSPS) is 10.6. The number of hydrogen-bond donors (Lipinski definition) is 1. The summed E-state index contributed by atoms with van der Waals surface area (Å²) in [4.78, 5) is 0. The predicted molar refractivity (Wildman–Crippen MR) is 63.1 cm³/mol. The molecule has 0 saturated carbocycles. The lowest BCUT2D eigenvalue weighted by atomic mass is 10.1. The van der Waals surface area contributed by atoms with Crippen LogP contribution < -0.4 is 5.73 Å². The van der Waals surface area contributed by atoms with Gasteiger partial charge in [0.15, 0.2) is 0 Å². The Kier molecular flexibility index (Phi) is 3.31. The van der Waals surface area contributed by atoms with Gasteiger partial charge in [-0.3, -0.25) is 0 Å². The molecule has 0 unspecified atom stereocenters. The van der Waals surface area contributed by atoms with E-state index < -0.39 is 0 Å². The molecule has 4 nitrogen and oxygen atoms in total. The molecule has 84 valence electrons. The Balaban J connectivity index is 2.21. The van der Waals surface area contributed by atoms with Gasteiger partial charge in [-0.05, 0) is 12.5 Å². The second-order valence-electron chi connectivity index (χ2n) is 3.77. The minimum Gasteiger partial charge on any atom is -0.329 e. The lowest BCUT2D eigenvalue weighted by molar-refractivity contribution is 0.653. The molecular weight excluding hydrogens is 200 g/mol. The van der Waals surface area contributed by atoms with E-state index in [0.717, 1.165) is 24.6 Å². The van der Waals surface area contributed by atoms with E-state index in [9.17, 15) is 0 Å². The quantitative estimate of drug-likeness (QED) is 0.833. The molecule has 0 fully saturated rings. The van der Waals surface area contributed by atoms with Gasteiger partial charge in [0.2, 0.25) is 0 Å². The van der Waals surface area contributed by atoms with Crippen LogP contribution in [0.15, 0.2) is 30.3 Å². The third-order valence-electron chi connectivity index (χ3n) is 2.57. The fourth-order valence-electron chi connectivity index (χ4n) is 1.75. The molecule has 0 aliphatic rings. The lowest BCUT2D eigenvalue weighted by Gasteiger charge is -2.06. The topological polar surface area (TPSA) is 56.7 Å². The van der Waals surface area contributed by atoms with Gasteiger partial charge in [-0.2, -0.15) is 0 Å². The van der Waals surface area contributed by atoms with E-state index in [1.807, 2.05) is 25.1 Å². The molecular formula is C12H16N4. The maximum atomic E-state index is 5.57. The highest BCUT2D eigenvalue weighted by molar-refractivity contribution is 5.19. The summed E-state index contributed by atoms with van der Waals surface area (Å²) in [6, 6.07) is 10.3. The van der Waals surface area contributed by atoms with E-state index in [4.69, 9.17) is 5.73 Å². The fourth-order valence-corrected chi connectivity index (χ4v) is 1.75. The van der Waals surface area contributed by atoms with Crippen molar-refractivity contribution in [3.05, 3.63) is 47.5 Å². The maximum absolute atomic E-state index is 5.57. The van der Waals surface area contributed by atoms with Gasteiger partial charge in [-0.1, -0.05) is 30.3 Å². The van der Waals surface area contributed by atoms with Gasteiger partial charge in [0.25, 0.3) is 0 Å². The minimum absolute atomic E-state index is 0.612. The molecule has 2 N–H and O–H groups in total. The smallest absolute Gasteiger partial charge is 0.137 e. The predicted octanol–water partition coefficient (Wildman–Crippen LogP) is 1.14. The third-order valence-corrected chi connectivity index (χ3v) is 2.57. The van der Waals surface area contributed by atoms with Crippen LogP contribution in [0.2, 0.25) is 0 Å². The van der Waals surface area contributed by atoms with Crippen molar-refractivity contribution in [1.29, 1.82) is 0 Å². The van der Waals surface area contributed by atoms with E-state index >= 15 is 0 Å². The van der Waals surface area contributed by atoms with Crippen LogP contribution in [0, 0.1) is 6.92 Å². The highest BCUT2D eigenvalue weighted by Gasteiger charge is 2.08. The molecule has 0 radical (unpaired) electrons. The maximum Gasteiger partial charge on any atom is 0.137 e. The molecule has 4 heteroatoms. The Morgan fingerprint density at radius 2 is 1.94 bits per heavy atom. The van der Waals surface area contributed by atoms with Crippen LogP contribution in [0.3, 0.4) is 0 Å². The Labute approximate surface area is 95.1 Å². The van der Waals surface area contributed by atoms with Crippen molar-refractivity contribution in [2.45, 2.75) is 19.9 Å². The van der Waals surface area contributed by atoms with E-state index in [1.165, 1.54) is 5.56 Å². The van der Waals surface area contributed by atoms with Gasteiger partial charge in [-0.25, -0.2) is 0 Å². The van der Waals surface area contributed by atoms with Crippen molar-refractivity contribution in [2.75, 3.05) is 6.54 Å². The van der Waals surface area contributed by atoms with Crippen molar-refractivity contribution in [3.8, 4) is 0 Å². The van der Waals surface area contributed by atoms with Gasteiger partial charge < -0.3 is 10.3 Å². The van der Waals surface area contributed by atoms with E-state index in [1.54, 1.807) is 0 Å². The monoisotopic (exact) mass is 216 g/mol. The third kappa shape index (κ3) is 2.28. The number of benzene rings is 1. The van der Waals surface area contributed by atoms with Gasteiger partial charge in [0, 0.05) is 19.5 Å². The summed E-state index contributed by atoms with van der Waals surface area (Å²) in [5.41, 5.74) is 6.82. The first-order chi connectivity index (χ1) is 7.81. The van der Waals surface area contributed by atoms with Gasteiger partial charge in [0.05, 0.1) is 0 Å². The zero-order chi connectivity index (χ0) is 11.4. The molecule has 1 heterocycles. The Hall–Kier alpha value is -1.68. The summed E-state index contributed by atoms with van der Waals surface area (Å²) < 4.78 is 2.08. The summed E-state index contributed by atoms with van der Waals surface area (Å²) in [5.74, 6) is 1.91. The molecule has 0 bridgehead atoms. The number of nitrogens with two attached hydrogens (primary N) is 1. The molecule has 0 spiro atoms. The molecule has 0 saturated heterocycles. The van der Waals surface area contributed by atoms with Gasteiger partial charge in [-0.15, -0.1) is 10.2 Å². The Morgan fingerprint density at radius 3 is 2.62 bits per heavy atom. The van der Waals surface area contributed by atoms with Crippen molar-refractivity contribution in [1.82, 2.24) is 14.8 Å². The van der Waals surface area contributed by atoms with Crippen LogP contribution >= 0.6 is 0 Å². The van der Waals surface area contributed by atoms with E-state index in [-0.39, 0.29) is 0 Å². The number of nitrogens with zero attached hydrogens (tertiary/aromatic N) is 3. The summed E-state index contributed by atoms with van der Waals surface area (Å²) in [6.07, 6.45) is 0.807. The van der Waals surface area contributed by atoms with Crippen LogP contribution in [0.25, 0.3) is 0 Å². The molecule has 16 heavy (non-hydrogen) atoms. The van der Waals surface area contributed by atoms with Crippen LogP contribution in [-0.4, -0.2) is 21.3 Å². The van der Waals surface area contributed by atoms with Gasteiger partial charge >= 0.3 is 0 Å². The number of aromatic nitrogens is 3. The molecule has 2 rings (SSSR count). The molecule has 0 aliphatic heterocycles. The zero-order valence-electron chi connectivity index (χ0n) is 9.43. The van der Waals surface area contributed by atoms with Crippen LogP contribution in [-0.2, 0) is 13.0 Å². The van der Waals surface area contributed by atoms with Crippen molar-refractivity contribution < 1.29 is 0 Å². The van der Waals surface area contributed by atoms with Crippen molar-refractivity contribution in [2.24, 2.45) is 5.73 Å². The molecule has 0 amide bonds. The average Bonchev–Trinajstić information content (AvgIpc) is 2.64. The second kappa shape index (κ2) is 4.90. The molecule has 1 aromatic heterocycles. The molecule has 1 aromatic carbocycles. The summed E-state index contributed by atoms with van der Waals surface area (Å²) in [7, 11) is 0. The first-order valence-electron chi connectivity index (χ1n) is 5.44. The Bertz CT molecular complexity index is 447. The van der Waals surface area contributed by atoms with Crippen molar-refractivity contribution >= 4 is 0 Å². The first kappa shape index (κ1) is 10.8. The molecule has 2 aromatic rings. The molecule has 0 aliphatic carbocycles. The van der Waals surface area contributed by atoms with Crippen LogP contribution in [0.4, 0.5) is 0 Å². The summed E-state index contributed by atoms with van der Waals surface area (Å²) in [5, 5.41) is 8.28. The number of aryl methyl sites for hydroxylation is 1. The highest BCUT2D eigenvalue weighted by Crippen LogP contribution is 2.08. The van der Waals surface area contributed by atoms with Crippen LogP contribution in [0.5, 0.6) is 0 Å². The largest absolute Gasteiger partial charge is 0.329 e.